The normalized spacial score (nSPS) is 28.9. The molecule has 1 aliphatic rings. The summed E-state index contributed by atoms with van der Waals surface area (Å²) in [5, 5.41) is 20.6. The van der Waals surface area contributed by atoms with Gasteiger partial charge in [0, 0.05) is 5.92 Å². The Kier molecular flexibility index (Phi) is 3.60. The molecule has 0 aliphatic heterocycles. The maximum absolute atomic E-state index is 10.3. The Bertz CT molecular complexity index is 428. The van der Waals surface area contributed by atoms with Gasteiger partial charge in [0.1, 0.15) is 0 Å². The molecule has 0 amide bonds. The van der Waals surface area contributed by atoms with Gasteiger partial charge in [-0.2, -0.15) is 0 Å². The van der Waals surface area contributed by atoms with Crippen LogP contribution in [0.5, 0.6) is 0 Å². The first-order valence-corrected chi connectivity index (χ1v) is 6.52. The minimum absolute atomic E-state index is 0.163. The Morgan fingerprint density at radius 2 is 1.78 bits per heavy atom. The van der Waals surface area contributed by atoms with Crippen LogP contribution >= 0.6 is 0 Å². The largest absolute Gasteiger partial charge is 0.390 e. The maximum atomic E-state index is 10.3. The minimum Gasteiger partial charge on any atom is -0.390 e. The van der Waals surface area contributed by atoms with Crippen LogP contribution in [0, 0.1) is 5.92 Å². The number of allylic oxidation sites excluding steroid dienone is 1. The van der Waals surface area contributed by atoms with E-state index in [0.29, 0.717) is 0 Å². The van der Waals surface area contributed by atoms with Crippen molar-refractivity contribution in [2.75, 3.05) is 0 Å². The van der Waals surface area contributed by atoms with Crippen molar-refractivity contribution in [1.29, 1.82) is 0 Å². The summed E-state index contributed by atoms with van der Waals surface area (Å²) in [6, 6.07) is 10.2. The van der Waals surface area contributed by atoms with E-state index in [0.717, 1.165) is 6.42 Å². The molecule has 0 radical (unpaired) electrons. The standard InChI is InChI=1S/C16H22O2/c1-11-9-13(12-7-5-4-6-8-12)15(14(17)10-11)16(2,3)18/h4-8,10,13-15,17-18H,9H2,1-3H3/t13?,14-,15-/m1/s1. The Morgan fingerprint density at radius 3 is 2.33 bits per heavy atom. The Labute approximate surface area is 109 Å². The molecular formula is C16H22O2. The van der Waals surface area contributed by atoms with Crippen molar-refractivity contribution in [3.05, 3.63) is 47.5 Å². The topological polar surface area (TPSA) is 40.5 Å². The lowest BCUT2D eigenvalue weighted by atomic mass is 9.68. The maximum Gasteiger partial charge on any atom is 0.0784 e. The molecule has 2 heteroatoms. The quantitative estimate of drug-likeness (QED) is 0.788. The zero-order valence-corrected chi connectivity index (χ0v) is 11.3. The van der Waals surface area contributed by atoms with Gasteiger partial charge in [-0.05, 0) is 38.7 Å². The van der Waals surface area contributed by atoms with E-state index in [1.54, 1.807) is 13.8 Å². The molecule has 0 fully saturated rings. The monoisotopic (exact) mass is 246 g/mol. The average molecular weight is 246 g/mol. The van der Waals surface area contributed by atoms with E-state index in [1.807, 2.05) is 31.2 Å². The van der Waals surface area contributed by atoms with E-state index in [-0.39, 0.29) is 11.8 Å². The van der Waals surface area contributed by atoms with Gasteiger partial charge in [-0.3, -0.25) is 0 Å². The zero-order chi connectivity index (χ0) is 13.3. The molecule has 1 unspecified atom stereocenters. The zero-order valence-electron chi connectivity index (χ0n) is 11.3. The highest BCUT2D eigenvalue weighted by Gasteiger charge is 2.41. The fraction of sp³-hybridized carbons (Fsp3) is 0.500. The predicted molar refractivity (Wildman–Crippen MR) is 73.4 cm³/mol. The van der Waals surface area contributed by atoms with Crippen molar-refractivity contribution in [2.45, 2.75) is 44.8 Å². The molecule has 18 heavy (non-hydrogen) atoms. The van der Waals surface area contributed by atoms with E-state index in [4.69, 9.17) is 0 Å². The molecule has 0 bridgehead atoms. The fourth-order valence-corrected chi connectivity index (χ4v) is 3.11. The van der Waals surface area contributed by atoms with Crippen molar-refractivity contribution in [2.24, 2.45) is 5.92 Å². The van der Waals surface area contributed by atoms with E-state index >= 15 is 0 Å². The van der Waals surface area contributed by atoms with Crippen molar-refractivity contribution in [3.63, 3.8) is 0 Å². The van der Waals surface area contributed by atoms with Gasteiger partial charge in [0.15, 0.2) is 0 Å². The fourth-order valence-electron chi connectivity index (χ4n) is 3.11. The summed E-state index contributed by atoms with van der Waals surface area (Å²) >= 11 is 0. The van der Waals surface area contributed by atoms with Crippen LogP contribution in [-0.2, 0) is 0 Å². The van der Waals surface area contributed by atoms with Crippen LogP contribution < -0.4 is 0 Å². The van der Waals surface area contributed by atoms with Crippen LogP contribution in [0.2, 0.25) is 0 Å². The van der Waals surface area contributed by atoms with Crippen LogP contribution in [0.25, 0.3) is 0 Å². The molecule has 3 atom stereocenters. The summed E-state index contributed by atoms with van der Waals surface area (Å²) in [7, 11) is 0. The average Bonchev–Trinajstić information content (AvgIpc) is 2.27. The van der Waals surface area contributed by atoms with Gasteiger partial charge in [0.25, 0.3) is 0 Å². The lowest BCUT2D eigenvalue weighted by molar-refractivity contribution is -0.0476. The molecule has 0 aromatic heterocycles. The predicted octanol–water partition coefficient (Wildman–Crippen LogP) is 2.87. The molecule has 0 heterocycles. The summed E-state index contributed by atoms with van der Waals surface area (Å²) in [5.41, 5.74) is 1.49. The number of hydrogen-bond donors (Lipinski definition) is 2. The smallest absolute Gasteiger partial charge is 0.0784 e. The molecule has 0 saturated heterocycles. The van der Waals surface area contributed by atoms with Crippen LogP contribution in [-0.4, -0.2) is 21.9 Å². The lowest BCUT2D eigenvalue weighted by Crippen LogP contribution is -2.44. The Morgan fingerprint density at radius 1 is 1.17 bits per heavy atom. The van der Waals surface area contributed by atoms with Gasteiger partial charge < -0.3 is 10.2 Å². The van der Waals surface area contributed by atoms with Crippen molar-refractivity contribution < 1.29 is 10.2 Å². The van der Waals surface area contributed by atoms with Gasteiger partial charge in [-0.25, -0.2) is 0 Å². The SMILES string of the molecule is CC1=C[C@@H](O)[C@H](C(C)(C)O)C(c2ccccc2)C1. The van der Waals surface area contributed by atoms with Crippen molar-refractivity contribution in [3.8, 4) is 0 Å². The third kappa shape index (κ3) is 2.65. The first-order chi connectivity index (χ1) is 8.39. The molecular weight excluding hydrogens is 224 g/mol. The molecule has 98 valence electrons. The van der Waals surface area contributed by atoms with Crippen LogP contribution in [0.1, 0.15) is 38.7 Å². The molecule has 1 aromatic rings. The Balaban J connectivity index is 2.40. The van der Waals surface area contributed by atoms with E-state index in [2.05, 4.69) is 12.1 Å². The lowest BCUT2D eigenvalue weighted by Gasteiger charge is -2.41. The second-order valence-electron chi connectivity index (χ2n) is 5.90. The van der Waals surface area contributed by atoms with E-state index < -0.39 is 11.7 Å². The minimum atomic E-state index is -0.892. The van der Waals surface area contributed by atoms with E-state index in [9.17, 15) is 10.2 Å². The number of aliphatic hydroxyl groups is 2. The van der Waals surface area contributed by atoms with Gasteiger partial charge in [0.05, 0.1) is 11.7 Å². The number of hydrogen-bond acceptors (Lipinski definition) is 2. The van der Waals surface area contributed by atoms with Crippen molar-refractivity contribution >= 4 is 0 Å². The first-order valence-electron chi connectivity index (χ1n) is 6.52. The molecule has 0 spiro atoms. The highest BCUT2D eigenvalue weighted by Crippen LogP contribution is 2.42. The second-order valence-corrected chi connectivity index (χ2v) is 5.90. The Hall–Kier alpha value is -1.12. The second kappa shape index (κ2) is 4.87. The summed E-state index contributed by atoms with van der Waals surface area (Å²) < 4.78 is 0. The summed E-state index contributed by atoms with van der Waals surface area (Å²) in [6.07, 6.45) is 2.20. The summed E-state index contributed by atoms with van der Waals surface area (Å²) in [4.78, 5) is 0. The highest BCUT2D eigenvalue weighted by molar-refractivity contribution is 5.27. The molecule has 2 rings (SSSR count). The summed E-state index contributed by atoms with van der Waals surface area (Å²) in [6.45, 7) is 5.61. The van der Waals surface area contributed by atoms with Gasteiger partial charge in [0.2, 0.25) is 0 Å². The highest BCUT2D eigenvalue weighted by atomic mass is 16.3. The molecule has 2 nitrogen and oxygen atoms in total. The van der Waals surface area contributed by atoms with Gasteiger partial charge in [-0.15, -0.1) is 0 Å². The molecule has 2 N–H and O–H groups in total. The molecule has 1 aliphatic carbocycles. The number of aliphatic hydroxyl groups excluding tert-OH is 1. The van der Waals surface area contributed by atoms with Gasteiger partial charge in [-0.1, -0.05) is 42.0 Å². The number of benzene rings is 1. The van der Waals surface area contributed by atoms with Crippen molar-refractivity contribution in [1.82, 2.24) is 0 Å². The molecule has 1 aromatic carbocycles. The number of rotatable bonds is 2. The van der Waals surface area contributed by atoms with Crippen LogP contribution in [0.15, 0.2) is 42.0 Å². The third-order valence-corrected chi connectivity index (χ3v) is 3.84. The van der Waals surface area contributed by atoms with Gasteiger partial charge >= 0.3 is 0 Å². The third-order valence-electron chi connectivity index (χ3n) is 3.84. The molecule has 0 saturated carbocycles. The van der Waals surface area contributed by atoms with Crippen LogP contribution in [0.3, 0.4) is 0 Å². The van der Waals surface area contributed by atoms with Crippen LogP contribution in [0.4, 0.5) is 0 Å². The first kappa shape index (κ1) is 13.3. The summed E-state index contributed by atoms with van der Waals surface area (Å²) in [5.74, 6) is 0.00907. The van der Waals surface area contributed by atoms with E-state index in [1.165, 1.54) is 11.1 Å².